The average molecular weight is 291 g/mol. The highest BCUT2D eigenvalue weighted by Crippen LogP contribution is 1.99. The lowest BCUT2D eigenvalue weighted by Gasteiger charge is -2.16. The number of hydrogen-bond donors (Lipinski definition) is 1. The Morgan fingerprint density at radius 3 is 1.95 bits per heavy atom. The van der Waals surface area contributed by atoms with E-state index >= 15 is 0 Å². The fraction of sp³-hybridized carbons (Fsp3) is 1.00. The molecule has 0 aromatic heterocycles. The second-order valence-corrected chi connectivity index (χ2v) is 4.92. The van der Waals surface area contributed by atoms with Gasteiger partial charge in [0, 0.05) is 6.54 Å². The minimum Gasteiger partial charge on any atom is -0.394 e. The highest BCUT2D eigenvalue weighted by Gasteiger charge is 1.98. The molecule has 122 valence electrons. The summed E-state index contributed by atoms with van der Waals surface area (Å²) in [5.41, 5.74) is 0. The fourth-order valence-corrected chi connectivity index (χ4v) is 1.75. The Hall–Kier alpha value is -0.200. The summed E-state index contributed by atoms with van der Waals surface area (Å²) in [5.74, 6) is 0. The number of nitrogens with zero attached hydrogens (tertiary/aromatic N) is 1. The summed E-state index contributed by atoms with van der Waals surface area (Å²) in [4.78, 5) is 2.32. The molecule has 0 amide bonds. The monoisotopic (exact) mass is 291 g/mol. The van der Waals surface area contributed by atoms with Crippen molar-refractivity contribution in [2.75, 3.05) is 66.4 Å². The van der Waals surface area contributed by atoms with Crippen molar-refractivity contribution in [2.45, 2.75) is 32.6 Å². The minimum absolute atomic E-state index is 0.0646. The predicted octanol–water partition coefficient (Wildman–Crippen LogP) is 1.54. The van der Waals surface area contributed by atoms with Gasteiger partial charge in [-0.3, -0.25) is 0 Å². The molecule has 5 heteroatoms. The van der Waals surface area contributed by atoms with Gasteiger partial charge in [-0.1, -0.05) is 26.2 Å². The SMILES string of the molecule is CCCCCCN(C)CCOCCOCCOCCO. The first-order valence-electron chi connectivity index (χ1n) is 7.84. The van der Waals surface area contributed by atoms with Gasteiger partial charge in [-0.2, -0.15) is 0 Å². The van der Waals surface area contributed by atoms with E-state index in [4.69, 9.17) is 19.3 Å². The molecule has 20 heavy (non-hydrogen) atoms. The molecule has 0 aromatic rings. The molecule has 0 aromatic carbocycles. The van der Waals surface area contributed by atoms with Gasteiger partial charge in [0.05, 0.1) is 46.2 Å². The lowest BCUT2D eigenvalue weighted by molar-refractivity contribution is 0.00536. The van der Waals surface area contributed by atoms with E-state index in [1.54, 1.807) is 0 Å². The zero-order valence-electron chi connectivity index (χ0n) is 13.3. The minimum atomic E-state index is 0.0646. The molecule has 0 unspecified atom stereocenters. The summed E-state index contributed by atoms with van der Waals surface area (Å²) in [6.07, 6.45) is 5.23. The first-order valence-corrected chi connectivity index (χ1v) is 7.84. The van der Waals surface area contributed by atoms with Gasteiger partial charge in [-0.05, 0) is 20.0 Å². The maximum atomic E-state index is 8.50. The zero-order valence-corrected chi connectivity index (χ0v) is 13.3. The second-order valence-electron chi connectivity index (χ2n) is 4.92. The summed E-state index contributed by atoms with van der Waals surface area (Å²) >= 11 is 0. The van der Waals surface area contributed by atoms with Gasteiger partial charge in [0.25, 0.3) is 0 Å². The molecule has 0 saturated heterocycles. The molecule has 0 aliphatic rings. The zero-order chi connectivity index (χ0) is 14.9. The molecular weight excluding hydrogens is 258 g/mol. The number of rotatable bonds is 16. The molecule has 0 radical (unpaired) electrons. The summed E-state index contributed by atoms with van der Waals surface area (Å²) in [5, 5.41) is 8.50. The molecule has 0 atom stereocenters. The third-order valence-electron chi connectivity index (χ3n) is 2.99. The quantitative estimate of drug-likeness (QED) is 0.437. The second kappa shape index (κ2) is 16.9. The topological polar surface area (TPSA) is 51.2 Å². The molecule has 1 N–H and O–H groups in total. The Morgan fingerprint density at radius 1 is 0.750 bits per heavy atom. The fourth-order valence-electron chi connectivity index (χ4n) is 1.75. The van der Waals surface area contributed by atoms with Crippen molar-refractivity contribution in [3.63, 3.8) is 0 Å². The first kappa shape index (κ1) is 19.8. The Labute approximate surface area is 124 Å². The average Bonchev–Trinajstić information content (AvgIpc) is 2.45. The first-order chi connectivity index (χ1) is 9.81. The van der Waals surface area contributed by atoms with Crippen molar-refractivity contribution in [2.24, 2.45) is 0 Å². The smallest absolute Gasteiger partial charge is 0.0701 e. The van der Waals surface area contributed by atoms with Crippen LogP contribution in [0.15, 0.2) is 0 Å². The third kappa shape index (κ3) is 15.9. The number of ether oxygens (including phenoxy) is 3. The van der Waals surface area contributed by atoms with E-state index in [-0.39, 0.29) is 6.61 Å². The van der Waals surface area contributed by atoms with Gasteiger partial charge in [-0.15, -0.1) is 0 Å². The van der Waals surface area contributed by atoms with E-state index in [0.29, 0.717) is 33.0 Å². The normalized spacial score (nSPS) is 11.4. The Kier molecular flexibility index (Phi) is 16.7. The van der Waals surface area contributed by atoms with E-state index in [9.17, 15) is 0 Å². The van der Waals surface area contributed by atoms with E-state index in [2.05, 4.69) is 18.9 Å². The Balaban J connectivity index is 3.07. The third-order valence-corrected chi connectivity index (χ3v) is 2.99. The van der Waals surface area contributed by atoms with Crippen molar-refractivity contribution in [1.29, 1.82) is 0 Å². The van der Waals surface area contributed by atoms with Crippen LogP contribution in [0.3, 0.4) is 0 Å². The molecule has 0 saturated carbocycles. The lowest BCUT2D eigenvalue weighted by Crippen LogP contribution is -2.25. The summed E-state index contributed by atoms with van der Waals surface area (Å²) in [7, 11) is 2.14. The van der Waals surface area contributed by atoms with Crippen LogP contribution in [0.25, 0.3) is 0 Å². The molecular formula is C15H33NO4. The standard InChI is InChI=1S/C15H33NO4/c1-3-4-5-6-7-16(2)8-10-18-12-14-20-15-13-19-11-9-17/h17H,3-15H2,1-2H3. The van der Waals surface area contributed by atoms with Crippen LogP contribution < -0.4 is 0 Å². The van der Waals surface area contributed by atoms with Crippen LogP contribution in [-0.4, -0.2) is 76.4 Å². The number of likely N-dealkylation sites (N-methyl/N-ethyl adjacent to an activating group) is 1. The lowest BCUT2D eigenvalue weighted by atomic mass is 10.2. The molecule has 0 bridgehead atoms. The highest BCUT2D eigenvalue weighted by molar-refractivity contribution is 4.51. The van der Waals surface area contributed by atoms with Gasteiger partial charge in [0.15, 0.2) is 0 Å². The van der Waals surface area contributed by atoms with Gasteiger partial charge in [0.2, 0.25) is 0 Å². The van der Waals surface area contributed by atoms with Crippen LogP contribution in [0.1, 0.15) is 32.6 Å². The van der Waals surface area contributed by atoms with Crippen LogP contribution in [0.4, 0.5) is 0 Å². The molecule has 0 fully saturated rings. The Bertz CT molecular complexity index is 181. The van der Waals surface area contributed by atoms with Gasteiger partial charge in [0.1, 0.15) is 0 Å². The summed E-state index contributed by atoms with van der Waals surface area (Å²) in [6.45, 7) is 7.88. The van der Waals surface area contributed by atoms with Crippen LogP contribution >= 0.6 is 0 Å². The maximum Gasteiger partial charge on any atom is 0.0701 e. The van der Waals surface area contributed by atoms with Gasteiger partial charge in [-0.25, -0.2) is 0 Å². The van der Waals surface area contributed by atoms with E-state index in [0.717, 1.165) is 19.7 Å². The summed E-state index contributed by atoms with van der Waals surface area (Å²) < 4.78 is 15.9. The van der Waals surface area contributed by atoms with E-state index < -0.39 is 0 Å². The molecule has 0 aliphatic heterocycles. The number of unbranched alkanes of at least 4 members (excludes halogenated alkanes) is 3. The van der Waals surface area contributed by atoms with Crippen LogP contribution in [-0.2, 0) is 14.2 Å². The van der Waals surface area contributed by atoms with Crippen molar-refractivity contribution < 1.29 is 19.3 Å². The summed E-state index contributed by atoms with van der Waals surface area (Å²) in [6, 6.07) is 0. The molecule has 5 nitrogen and oxygen atoms in total. The predicted molar refractivity (Wildman–Crippen MR) is 81.2 cm³/mol. The van der Waals surface area contributed by atoms with Crippen molar-refractivity contribution >= 4 is 0 Å². The largest absolute Gasteiger partial charge is 0.394 e. The van der Waals surface area contributed by atoms with E-state index in [1.165, 1.54) is 25.7 Å². The molecule has 0 spiro atoms. The Morgan fingerprint density at radius 2 is 1.35 bits per heavy atom. The molecule has 0 aliphatic carbocycles. The molecule has 0 rings (SSSR count). The van der Waals surface area contributed by atoms with Gasteiger partial charge >= 0.3 is 0 Å². The van der Waals surface area contributed by atoms with Crippen molar-refractivity contribution in [3.8, 4) is 0 Å². The van der Waals surface area contributed by atoms with Crippen molar-refractivity contribution in [1.82, 2.24) is 4.90 Å². The number of aliphatic hydroxyl groups excluding tert-OH is 1. The van der Waals surface area contributed by atoms with E-state index in [1.807, 2.05) is 0 Å². The van der Waals surface area contributed by atoms with Crippen LogP contribution in [0.5, 0.6) is 0 Å². The number of aliphatic hydroxyl groups is 1. The van der Waals surface area contributed by atoms with Crippen molar-refractivity contribution in [3.05, 3.63) is 0 Å². The highest BCUT2D eigenvalue weighted by atomic mass is 16.5. The van der Waals surface area contributed by atoms with Crippen LogP contribution in [0.2, 0.25) is 0 Å². The van der Waals surface area contributed by atoms with Gasteiger partial charge < -0.3 is 24.2 Å². The maximum absolute atomic E-state index is 8.50. The van der Waals surface area contributed by atoms with Crippen LogP contribution in [0, 0.1) is 0 Å². The number of hydrogen-bond acceptors (Lipinski definition) is 5. The molecule has 0 heterocycles.